The fraction of sp³-hybridized carbons (Fsp3) is 0.310. The number of hydrogen-bond donors (Lipinski definition) is 1. The van der Waals surface area contributed by atoms with Gasteiger partial charge < -0.3 is 23.9 Å². The third-order valence-electron chi connectivity index (χ3n) is 6.71. The van der Waals surface area contributed by atoms with Crippen molar-refractivity contribution in [3.8, 4) is 45.5 Å². The molecular weight excluding hydrogens is 588 g/mol. The molecule has 0 amide bonds. The van der Waals surface area contributed by atoms with Gasteiger partial charge in [0.05, 0.1) is 30.5 Å². The minimum absolute atomic E-state index is 0.0315. The van der Waals surface area contributed by atoms with E-state index < -0.39 is 31.3 Å². The van der Waals surface area contributed by atoms with Crippen LogP contribution in [0.4, 0.5) is 17.6 Å². The predicted octanol–water partition coefficient (Wildman–Crippen LogP) is 4.77. The van der Waals surface area contributed by atoms with Crippen molar-refractivity contribution in [3.63, 3.8) is 0 Å². The number of nitrogens with zero attached hydrogens (tertiary/aromatic N) is 6. The van der Waals surface area contributed by atoms with Crippen molar-refractivity contribution in [1.29, 1.82) is 0 Å². The van der Waals surface area contributed by atoms with Gasteiger partial charge in [0, 0.05) is 50.1 Å². The number of hydrogen-bond acceptors (Lipinski definition) is 8. The number of halogens is 4. The summed E-state index contributed by atoms with van der Waals surface area (Å²) in [6.45, 7) is -2.47. The highest BCUT2D eigenvalue weighted by Crippen LogP contribution is 2.49. The fourth-order valence-electron chi connectivity index (χ4n) is 4.91. The summed E-state index contributed by atoms with van der Waals surface area (Å²) < 4.78 is 74.4. The van der Waals surface area contributed by atoms with E-state index in [1.165, 1.54) is 22.7 Å². The van der Waals surface area contributed by atoms with E-state index in [2.05, 4.69) is 14.9 Å². The number of benzene rings is 1. The molecule has 0 atom stereocenters. The number of ether oxygens (including phenoxy) is 3. The average molecular weight is 617 g/mol. The van der Waals surface area contributed by atoms with Gasteiger partial charge in [0.25, 0.3) is 6.43 Å². The summed E-state index contributed by atoms with van der Waals surface area (Å²) in [5.41, 5.74) is 1.76. The Morgan fingerprint density at radius 1 is 1.07 bits per heavy atom. The number of aliphatic hydroxyl groups excluding tert-OH is 1. The predicted molar refractivity (Wildman–Crippen MR) is 149 cm³/mol. The number of rotatable bonds is 8. The van der Waals surface area contributed by atoms with E-state index >= 15 is 0 Å². The quantitative estimate of drug-likeness (QED) is 0.196. The number of fused-ring (bicyclic) bond motifs is 2. The highest BCUT2D eigenvalue weighted by molar-refractivity contribution is 5.97. The van der Waals surface area contributed by atoms with Crippen molar-refractivity contribution >= 4 is 5.97 Å². The van der Waals surface area contributed by atoms with E-state index in [1.54, 1.807) is 19.2 Å². The Labute approximate surface area is 248 Å². The molecule has 0 fully saturated rings. The van der Waals surface area contributed by atoms with Crippen LogP contribution < -0.4 is 9.47 Å². The molecule has 44 heavy (non-hydrogen) atoms. The summed E-state index contributed by atoms with van der Waals surface area (Å²) in [7, 11) is 2.78. The van der Waals surface area contributed by atoms with E-state index in [9.17, 15) is 22.4 Å². The van der Waals surface area contributed by atoms with Gasteiger partial charge in [-0.3, -0.25) is 4.68 Å². The van der Waals surface area contributed by atoms with E-state index in [1.807, 2.05) is 41.1 Å². The number of alkyl halides is 4. The number of aliphatic hydroxyl groups is 1. The molecule has 15 heteroatoms. The summed E-state index contributed by atoms with van der Waals surface area (Å²) >= 11 is 0. The van der Waals surface area contributed by atoms with Gasteiger partial charge in [-0.15, -0.1) is 5.10 Å². The smallest absolute Gasteiger partial charge is 0.388 e. The van der Waals surface area contributed by atoms with Crippen LogP contribution in [0, 0.1) is 0 Å². The second kappa shape index (κ2) is 13.2. The number of pyridine rings is 1. The van der Waals surface area contributed by atoms with E-state index in [0.717, 1.165) is 5.56 Å². The lowest BCUT2D eigenvalue weighted by molar-refractivity contribution is -0.143. The van der Waals surface area contributed by atoms with Gasteiger partial charge in [-0.05, 0) is 17.7 Å². The first-order valence-electron chi connectivity index (χ1n) is 13.4. The first kappa shape index (κ1) is 30.5. The maximum absolute atomic E-state index is 14.3. The Morgan fingerprint density at radius 2 is 1.84 bits per heavy atom. The van der Waals surface area contributed by atoms with Crippen molar-refractivity contribution in [2.24, 2.45) is 7.05 Å². The summed E-state index contributed by atoms with van der Waals surface area (Å²) in [6.07, 6.45) is 1.03. The van der Waals surface area contributed by atoms with Crippen LogP contribution in [0.15, 0.2) is 54.9 Å². The molecule has 0 radical (unpaired) electrons. The lowest BCUT2D eigenvalue weighted by Crippen LogP contribution is -2.15. The van der Waals surface area contributed by atoms with Crippen LogP contribution >= 0.6 is 0 Å². The number of carbonyl (C=O) groups is 1. The second-order valence-electron chi connectivity index (χ2n) is 9.62. The van der Waals surface area contributed by atoms with E-state index in [-0.39, 0.29) is 28.6 Å². The van der Waals surface area contributed by atoms with Gasteiger partial charge in [0.2, 0.25) is 11.8 Å². The van der Waals surface area contributed by atoms with Crippen molar-refractivity contribution in [3.05, 3.63) is 66.1 Å². The maximum atomic E-state index is 14.3. The molecule has 3 aliphatic rings. The molecule has 5 heterocycles. The minimum Gasteiger partial charge on any atom is -0.477 e. The number of carbonyl (C=O) groups excluding carboxylic acids is 1. The Morgan fingerprint density at radius 3 is 2.50 bits per heavy atom. The molecule has 1 N–H and O–H groups in total. The first-order chi connectivity index (χ1) is 21.2. The second-order valence-corrected chi connectivity index (χ2v) is 9.62. The zero-order valence-electron chi connectivity index (χ0n) is 23.7. The standard InChI is InChI=1S/C26H22F4N6O2.C3H6O3/c1-34-14-17(24(33-34)38-26(29)30)18-16-9-5-10-35(13-15-7-3-2-4-8-15)23(16)31-20(18)19-21(22(27)28)32-36-11-6-12-37-25(19)36;1-6-3(5)2-4/h2-5,7-10,14,22,26H,6,11-13H2,1H3;4H,2H2,1H3. The highest BCUT2D eigenvalue weighted by Gasteiger charge is 2.35. The van der Waals surface area contributed by atoms with Gasteiger partial charge in [0.1, 0.15) is 18.1 Å². The van der Waals surface area contributed by atoms with Crippen LogP contribution in [-0.2, 0) is 29.7 Å². The van der Waals surface area contributed by atoms with Gasteiger partial charge >= 0.3 is 12.6 Å². The third-order valence-corrected chi connectivity index (χ3v) is 6.71. The van der Waals surface area contributed by atoms with Gasteiger partial charge in [-0.1, -0.05) is 30.3 Å². The Balaban J connectivity index is 0.000000584. The van der Waals surface area contributed by atoms with E-state index in [4.69, 9.17) is 19.6 Å². The molecule has 0 saturated heterocycles. The zero-order chi connectivity index (χ0) is 31.4. The summed E-state index contributed by atoms with van der Waals surface area (Å²) in [5, 5.41) is 16.0. The van der Waals surface area contributed by atoms with Gasteiger partial charge in [-0.2, -0.15) is 13.9 Å². The maximum Gasteiger partial charge on any atom is 0.388 e. The van der Waals surface area contributed by atoms with Crippen LogP contribution in [0.1, 0.15) is 24.1 Å². The SMILES string of the molecule is COC(=O)CO.Cn1cc(-c2c3cccn(Cc4ccccc4)c-3nc2-c2c(C(F)F)nn3c2OCCC3)c(OC(F)F)n1. The number of esters is 1. The van der Waals surface area contributed by atoms with E-state index in [0.29, 0.717) is 43.1 Å². The molecule has 3 aliphatic heterocycles. The monoisotopic (exact) mass is 616 g/mol. The Bertz CT molecular complexity index is 1700. The largest absolute Gasteiger partial charge is 0.477 e. The average Bonchev–Trinajstić information content (AvgIpc) is 3.70. The first-order valence-corrected chi connectivity index (χ1v) is 13.4. The number of aryl methyl sites for hydroxylation is 2. The third kappa shape index (κ3) is 6.22. The fourth-order valence-corrected chi connectivity index (χ4v) is 4.91. The highest BCUT2D eigenvalue weighted by atomic mass is 19.3. The van der Waals surface area contributed by atoms with Crippen LogP contribution in [0.5, 0.6) is 11.8 Å². The van der Waals surface area contributed by atoms with Crippen LogP contribution in [0.25, 0.3) is 33.8 Å². The van der Waals surface area contributed by atoms with Crippen molar-refractivity contribution in [1.82, 2.24) is 29.1 Å². The molecule has 0 spiro atoms. The van der Waals surface area contributed by atoms with Crippen molar-refractivity contribution in [2.45, 2.75) is 32.5 Å². The molecule has 3 aromatic rings. The zero-order valence-corrected chi connectivity index (χ0v) is 23.7. The van der Waals surface area contributed by atoms with Crippen LogP contribution in [0.3, 0.4) is 0 Å². The Hall–Kier alpha value is -4.92. The molecule has 11 nitrogen and oxygen atoms in total. The van der Waals surface area contributed by atoms with Gasteiger partial charge in [0.15, 0.2) is 0 Å². The van der Waals surface area contributed by atoms with Gasteiger partial charge in [-0.25, -0.2) is 23.2 Å². The van der Waals surface area contributed by atoms with Crippen molar-refractivity contribution in [2.75, 3.05) is 20.3 Å². The van der Waals surface area contributed by atoms with Crippen molar-refractivity contribution < 1.29 is 41.7 Å². The lowest BCUT2D eigenvalue weighted by Gasteiger charge is -2.16. The molecule has 2 aromatic heterocycles. The van der Waals surface area contributed by atoms with Crippen LogP contribution in [-0.4, -0.2) is 67.1 Å². The Kier molecular flexibility index (Phi) is 9.13. The van der Waals surface area contributed by atoms with Crippen LogP contribution in [0.2, 0.25) is 0 Å². The summed E-state index contributed by atoms with van der Waals surface area (Å²) in [5.74, 6) is -0.290. The lowest BCUT2D eigenvalue weighted by atomic mass is 9.98. The molecule has 1 aromatic carbocycles. The normalized spacial score (nSPS) is 12.6. The molecular formula is C29H28F4N6O5. The molecule has 232 valence electrons. The minimum atomic E-state index is -3.13. The molecule has 6 rings (SSSR count). The number of methoxy groups -OCH3 is 1. The molecule has 0 unspecified atom stereocenters. The molecule has 0 saturated carbocycles. The molecule has 0 bridgehead atoms. The summed E-state index contributed by atoms with van der Waals surface area (Å²) in [6, 6.07) is 13.2. The topological polar surface area (TPSA) is 118 Å². The molecule has 0 aliphatic carbocycles. The summed E-state index contributed by atoms with van der Waals surface area (Å²) in [4.78, 5) is 14.5. The number of aromatic nitrogens is 6.